The number of hydrogen-bond acceptors (Lipinski definition) is 3. The summed E-state index contributed by atoms with van der Waals surface area (Å²) in [6.07, 6.45) is 6.99. The smallest absolute Gasteiger partial charge is 0.115 e. The van der Waals surface area contributed by atoms with Gasteiger partial charge in [-0.3, -0.25) is 4.90 Å². The molecule has 4 nitrogen and oxygen atoms in total. The zero-order valence-electron chi connectivity index (χ0n) is 16.1. The average molecular weight is 381 g/mol. The van der Waals surface area contributed by atoms with Crippen molar-refractivity contribution in [2.75, 3.05) is 7.05 Å². The van der Waals surface area contributed by atoms with Crippen molar-refractivity contribution in [1.82, 2.24) is 19.4 Å². The lowest BCUT2D eigenvalue weighted by molar-refractivity contribution is 0.221. The second-order valence-corrected chi connectivity index (χ2v) is 9.21. The van der Waals surface area contributed by atoms with Gasteiger partial charge in [-0.05, 0) is 57.5 Å². The van der Waals surface area contributed by atoms with E-state index in [0.29, 0.717) is 18.6 Å². The van der Waals surface area contributed by atoms with Crippen LogP contribution in [0.25, 0.3) is 10.9 Å². The summed E-state index contributed by atoms with van der Waals surface area (Å²) in [6.45, 7) is 4.95. The molecule has 3 aromatic rings. The lowest BCUT2D eigenvalue weighted by Crippen LogP contribution is -2.35. The van der Waals surface area contributed by atoms with Crippen molar-refractivity contribution in [3.63, 3.8) is 0 Å². The van der Waals surface area contributed by atoms with Gasteiger partial charge in [0, 0.05) is 47.8 Å². The van der Waals surface area contributed by atoms with Gasteiger partial charge < -0.3 is 4.57 Å². The number of alkyl halides is 1. The molecule has 5 heteroatoms. The van der Waals surface area contributed by atoms with Crippen molar-refractivity contribution in [2.45, 2.75) is 56.6 Å². The van der Waals surface area contributed by atoms with E-state index in [4.69, 9.17) is 11.6 Å². The normalized spacial score (nSPS) is 24.1. The van der Waals surface area contributed by atoms with Crippen molar-refractivity contribution < 1.29 is 0 Å². The van der Waals surface area contributed by atoms with Crippen LogP contribution in [0.5, 0.6) is 0 Å². The number of nitrogens with zero attached hydrogens (tertiary/aromatic N) is 4. The lowest BCUT2D eigenvalue weighted by atomic mass is 9.97. The first-order valence-electron chi connectivity index (χ1n) is 9.74. The number of fused-ring (bicyclic) bond motifs is 6. The van der Waals surface area contributed by atoms with E-state index >= 15 is 0 Å². The number of aromatic nitrogens is 3. The topological polar surface area (TPSA) is 34.0 Å². The quantitative estimate of drug-likeness (QED) is 0.623. The molecule has 2 aliphatic heterocycles. The Morgan fingerprint density at radius 2 is 2.11 bits per heavy atom. The van der Waals surface area contributed by atoms with Gasteiger partial charge in [0.25, 0.3) is 0 Å². The van der Waals surface area contributed by atoms with Crippen LogP contribution in [0.4, 0.5) is 0 Å². The fraction of sp³-hybridized carbons (Fsp3) is 0.455. The molecule has 1 fully saturated rings. The second-order valence-electron chi connectivity index (χ2n) is 8.38. The molecule has 0 N–H and O–H groups in total. The van der Waals surface area contributed by atoms with E-state index in [-0.39, 0.29) is 0 Å². The van der Waals surface area contributed by atoms with Crippen molar-refractivity contribution in [2.24, 2.45) is 0 Å². The van der Waals surface area contributed by atoms with Crippen LogP contribution in [0.2, 0.25) is 0 Å². The molecule has 2 bridgehead atoms. The van der Waals surface area contributed by atoms with Crippen molar-refractivity contribution >= 4 is 22.5 Å². The van der Waals surface area contributed by atoms with Crippen LogP contribution in [0.1, 0.15) is 48.3 Å². The molecule has 1 saturated heterocycles. The van der Waals surface area contributed by atoms with E-state index in [2.05, 4.69) is 58.5 Å². The predicted molar refractivity (Wildman–Crippen MR) is 109 cm³/mol. The number of likely N-dealkylation sites (N-methyl/N-ethyl adjacent to an activating group) is 1. The highest BCUT2D eigenvalue weighted by atomic mass is 35.5. The first-order chi connectivity index (χ1) is 13.0. The first-order valence-corrected chi connectivity index (χ1v) is 10.1. The van der Waals surface area contributed by atoms with Gasteiger partial charge in [-0.2, -0.15) is 0 Å². The minimum absolute atomic E-state index is 0.532. The Kier molecular flexibility index (Phi) is 3.85. The maximum Gasteiger partial charge on any atom is 0.115 e. The molecule has 2 aromatic heterocycles. The van der Waals surface area contributed by atoms with Crippen LogP contribution in [0.3, 0.4) is 0 Å². The minimum atomic E-state index is -0.573. The molecule has 0 radical (unpaired) electrons. The molecular formula is C22H25ClN4. The van der Waals surface area contributed by atoms with Gasteiger partial charge in [0.15, 0.2) is 0 Å². The van der Waals surface area contributed by atoms with Crippen LogP contribution in [0, 0.1) is 6.92 Å². The SMILES string of the molecule is Cc1ccc2c(c1)c1c(n2CC(C)(Cl)c2ccncn2)CC2CCC1N2C. The molecule has 5 rings (SSSR count). The van der Waals surface area contributed by atoms with Crippen molar-refractivity contribution in [1.29, 1.82) is 0 Å². The molecule has 0 aliphatic carbocycles. The molecular weight excluding hydrogens is 356 g/mol. The summed E-state index contributed by atoms with van der Waals surface area (Å²) in [5.41, 5.74) is 6.49. The third-order valence-electron chi connectivity index (χ3n) is 6.54. The Bertz CT molecular complexity index is 1010. The molecule has 3 atom stereocenters. The average Bonchev–Trinajstić information content (AvgIpc) is 3.06. The summed E-state index contributed by atoms with van der Waals surface area (Å²) < 4.78 is 2.47. The molecule has 140 valence electrons. The summed E-state index contributed by atoms with van der Waals surface area (Å²) in [7, 11) is 2.29. The van der Waals surface area contributed by atoms with Gasteiger partial charge in [0.2, 0.25) is 0 Å². The number of halogens is 1. The number of rotatable bonds is 3. The van der Waals surface area contributed by atoms with Crippen LogP contribution in [-0.4, -0.2) is 32.5 Å². The molecule has 0 amide bonds. The van der Waals surface area contributed by atoms with Gasteiger partial charge in [-0.1, -0.05) is 11.6 Å². The second kappa shape index (κ2) is 6.05. The van der Waals surface area contributed by atoms with Crippen molar-refractivity contribution in [3.8, 4) is 0 Å². The van der Waals surface area contributed by atoms with E-state index in [9.17, 15) is 0 Å². The standard InChI is InChI=1S/C22H25ClN4/c1-14-4-6-17-16(10-14)21-18-7-5-15(26(18)3)11-19(21)27(17)12-22(2,23)20-8-9-24-13-25-20/h4,6,8-10,13,15,18H,5,7,11-12H2,1-3H3. The largest absolute Gasteiger partial charge is 0.342 e. The number of benzene rings is 1. The van der Waals surface area contributed by atoms with Gasteiger partial charge in [-0.15, -0.1) is 11.6 Å². The Hall–Kier alpha value is -1.91. The Balaban J connectivity index is 1.69. The van der Waals surface area contributed by atoms with Crippen LogP contribution >= 0.6 is 11.6 Å². The monoisotopic (exact) mass is 380 g/mol. The summed E-state index contributed by atoms with van der Waals surface area (Å²) in [5, 5.41) is 1.40. The molecule has 0 saturated carbocycles. The highest BCUT2D eigenvalue weighted by Gasteiger charge is 2.41. The zero-order chi connectivity index (χ0) is 18.8. The lowest BCUT2D eigenvalue weighted by Gasteiger charge is -2.33. The van der Waals surface area contributed by atoms with Crippen molar-refractivity contribution in [3.05, 3.63) is 59.3 Å². The Morgan fingerprint density at radius 1 is 1.26 bits per heavy atom. The molecule has 1 aromatic carbocycles. The maximum absolute atomic E-state index is 7.02. The Labute approximate surface area is 165 Å². The molecule has 0 spiro atoms. The summed E-state index contributed by atoms with van der Waals surface area (Å²) in [4.78, 5) is 10.5. The highest BCUT2D eigenvalue weighted by Crippen LogP contribution is 2.47. The molecule has 27 heavy (non-hydrogen) atoms. The summed E-state index contributed by atoms with van der Waals surface area (Å²) in [5.74, 6) is 0. The molecule has 2 aliphatic rings. The van der Waals surface area contributed by atoms with Crippen LogP contribution < -0.4 is 0 Å². The minimum Gasteiger partial charge on any atom is -0.342 e. The van der Waals surface area contributed by atoms with Gasteiger partial charge in [-0.25, -0.2) is 9.97 Å². The number of aryl methyl sites for hydroxylation is 1. The fourth-order valence-electron chi connectivity index (χ4n) is 5.13. The van der Waals surface area contributed by atoms with Gasteiger partial charge in [0.1, 0.15) is 11.2 Å². The van der Waals surface area contributed by atoms with E-state index in [1.807, 2.05) is 6.07 Å². The van der Waals surface area contributed by atoms with Gasteiger partial charge >= 0.3 is 0 Å². The molecule has 4 heterocycles. The van der Waals surface area contributed by atoms with E-state index in [1.54, 1.807) is 12.5 Å². The fourth-order valence-corrected chi connectivity index (χ4v) is 5.36. The summed E-state index contributed by atoms with van der Waals surface area (Å²) in [6, 6.07) is 9.93. The van der Waals surface area contributed by atoms with Crippen LogP contribution in [0.15, 0.2) is 36.8 Å². The third-order valence-corrected chi connectivity index (χ3v) is 6.86. The maximum atomic E-state index is 7.02. The van der Waals surface area contributed by atoms with E-state index in [1.165, 1.54) is 40.6 Å². The van der Waals surface area contributed by atoms with E-state index in [0.717, 1.165) is 12.1 Å². The van der Waals surface area contributed by atoms with Gasteiger partial charge in [0.05, 0.1) is 5.69 Å². The number of hydrogen-bond donors (Lipinski definition) is 0. The molecule has 3 unspecified atom stereocenters. The van der Waals surface area contributed by atoms with E-state index < -0.39 is 4.87 Å². The van der Waals surface area contributed by atoms with Crippen LogP contribution in [-0.2, 0) is 17.8 Å². The zero-order valence-corrected chi connectivity index (χ0v) is 16.9. The third kappa shape index (κ3) is 2.61. The summed E-state index contributed by atoms with van der Waals surface area (Å²) >= 11 is 7.02. The first kappa shape index (κ1) is 17.2. The Morgan fingerprint density at radius 3 is 2.89 bits per heavy atom. The highest BCUT2D eigenvalue weighted by molar-refractivity contribution is 6.23. The predicted octanol–water partition coefficient (Wildman–Crippen LogP) is 4.59.